The van der Waals surface area contributed by atoms with Gasteiger partial charge in [0.05, 0.1) is 27.3 Å². The van der Waals surface area contributed by atoms with Gasteiger partial charge < -0.3 is 10.6 Å². The highest BCUT2D eigenvalue weighted by Crippen LogP contribution is 2.37. The van der Waals surface area contributed by atoms with E-state index in [2.05, 4.69) is 16.7 Å². The molecule has 8 nitrogen and oxygen atoms in total. The normalized spacial score (nSPS) is 18.9. The maximum Gasteiger partial charge on any atom is 0.243 e. The molecule has 36 heavy (non-hydrogen) atoms. The molecule has 1 fully saturated rings. The topological polar surface area (TPSA) is 119 Å². The number of amides is 2. The Kier molecular flexibility index (Phi) is 8.08. The SMILES string of the molecule is N#CC1=C(SCC(=O)Nc2cccc(S(=O)(=O)N3CCCCC3)c2)NC(=O)C[C@@H]1c1ccccc1F. The van der Waals surface area contributed by atoms with Gasteiger partial charge in [-0.15, -0.1) is 0 Å². The quantitative estimate of drug-likeness (QED) is 0.566. The van der Waals surface area contributed by atoms with Crippen molar-refractivity contribution in [3.05, 3.63) is 70.5 Å². The third-order valence-electron chi connectivity index (χ3n) is 6.05. The molecule has 11 heteroatoms. The predicted octanol–water partition coefficient (Wildman–Crippen LogP) is 3.71. The monoisotopic (exact) mass is 528 g/mol. The van der Waals surface area contributed by atoms with Gasteiger partial charge >= 0.3 is 0 Å². The van der Waals surface area contributed by atoms with Gasteiger partial charge in [-0.3, -0.25) is 9.59 Å². The number of nitrogens with one attached hydrogen (secondary N) is 2. The largest absolute Gasteiger partial charge is 0.325 e. The highest BCUT2D eigenvalue weighted by atomic mass is 32.2. The van der Waals surface area contributed by atoms with Gasteiger partial charge in [0.2, 0.25) is 21.8 Å². The first-order valence-corrected chi connectivity index (χ1v) is 13.9. The molecular formula is C25H25FN4O4S2. The lowest BCUT2D eigenvalue weighted by molar-refractivity contribution is -0.121. The smallest absolute Gasteiger partial charge is 0.243 e. The van der Waals surface area contributed by atoms with Crippen molar-refractivity contribution in [1.82, 2.24) is 9.62 Å². The summed E-state index contributed by atoms with van der Waals surface area (Å²) in [5.41, 5.74) is 0.760. The Morgan fingerprint density at radius 3 is 2.64 bits per heavy atom. The number of hydrogen-bond acceptors (Lipinski definition) is 6. The fraction of sp³-hybridized carbons (Fsp3) is 0.320. The zero-order chi connectivity index (χ0) is 25.7. The van der Waals surface area contributed by atoms with Gasteiger partial charge in [0.1, 0.15) is 5.82 Å². The van der Waals surface area contributed by atoms with Crippen LogP contribution in [-0.4, -0.2) is 43.4 Å². The number of anilines is 1. The average Bonchev–Trinajstić information content (AvgIpc) is 2.88. The van der Waals surface area contributed by atoms with Crippen LogP contribution in [0.2, 0.25) is 0 Å². The summed E-state index contributed by atoms with van der Waals surface area (Å²) in [5.74, 6) is -2.22. The molecule has 188 valence electrons. The fourth-order valence-electron chi connectivity index (χ4n) is 4.28. The van der Waals surface area contributed by atoms with E-state index in [1.54, 1.807) is 18.2 Å². The van der Waals surface area contributed by atoms with Crippen LogP contribution in [-0.2, 0) is 19.6 Å². The molecule has 2 aliphatic heterocycles. The third kappa shape index (κ3) is 5.78. The molecule has 0 radical (unpaired) electrons. The summed E-state index contributed by atoms with van der Waals surface area (Å²) in [7, 11) is -3.65. The Labute approximate surface area is 213 Å². The number of rotatable bonds is 7. The first-order chi connectivity index (χ1) is 17.3. The van der Waals surface area contributed by atoms with Crippen LogP contribution in [0.3, 0.4) is 0 Å². The molecule has 2 heterocycles. The number of nitrogens with zero attached hydrogens (tertiary/aromatic N) is 2. The third-order valence-corrected chi connectivity index (χ3v) is 8.97. The standard InChI is InChI=1S/C25H25FN4O4S2/c26-22-10-3-2-9-19(22)20-14-23(31)29-25(21(20)15-27)35-16-24(32)28-17-7-6-8-18(13-17)36(33,34)30-11-4-1-5-12-30/h2-3,6-10,13,20H,1,4-5,11-12,14,16H2,(H,28,32)(H,29,31)/t20-/m1/s1. The Balaban J connectivity index is 1.46. The molecular weight excluding hydrogens is 503 g/mol. The number of carbonyl (C=O) groups is 2. The van der Waals surface area contributed by atoms with E-state index in [-0.39, 0.29) is 39.1 Å². The van der Waals surface area contributed by atoms with E-state index in [1.165, 1.54) is 34.6 Å². The van der Waals surface area contributed by atoms with E-state index in [0.717, 1.165) is 31.0 Å². The fourth-order valence-corrected chi connectivity index (χ4v) is 6.72. The molecule has 4 rings (SSSR count). The van der Waals surface area contributed by atoms with Gasteiger partial charge in [-0.2, -0.15) is 9.57 Å². The second-order valence-corrected chi connectivity index (χ2v) is 11.4. The van der Waals surface area contributed by atoms with E-state index < -0.39 is 27.7 Å². The molecule has 0 aliphatic carbocycles. The highest BCUT2D eigenvalue weighted by Gasteiger charge is 2.31. The van der Waals surface area contributed by atoms with E-state index in [0.29, 0.717) is 18.8 Å². The molecule has 1 saturated heterocycles. The van der Waals surface area contributed by atoms with Gasteiger partial charge in [-0.1, -0.05) is 42.4 Å². The Bertz CT molecular complexity index is 1350. The summed E-state index contributed by atoms with van der Waals surface area (Å²) in [6.45, 7) is 0.955. The molecule has 2 aliphatic rings. The number of piperidine rings is 1. The number of carbonyl (C=O) groups excluding carboxylic acids is 2. The zero-order valence-corrected chi connectivity index (χ0v) is 21.0. The first kappa shape index (κ1) is 25.9. The number of thioether (sulfide) groups is 1. The summed E-state index contributed by atoms with van der Waals surface area (Å²) >= 11 is 0.962. The highest BCUT2D eigenvalue weighted by molar-refractivity contribution is 8.03. The van der Waals surface area contributed by atoms with E-state index in [4.69, 9.17) is 0 Å². The summed E-state index contributed by atoms with van der Waals surface area (Å²) in [4.78, 5) is 25.0. The van der Waals surface area contributed by atoms with Crippen molar-refractivity contribution in [2.75, 3.05) is 24.2 Å². The number of nitriles is 1. The molecule has 0 bridgehead atoms. The lowest BCUT2D eigenvalue weighted by Gasteiger charge is -2.26. The van der Waals surface area contributed by atoms with Crippen LogP contribution in [0.25, 0.3) is 0 Å². The van der Waals surface area contributed by atoms with Crippen molar-refractivity contribution in [2.45, 2.75) is 36.5 Å². The Hall–Kier alpha value is -3.20. The van der Waals surface area contributed by atoms with Crippen molar-refractivity contribution in [1.29, 1.82) is 5.26 Å². The molecule has 0 aromatic heterocycles. The average molecular weight is 529 g/mol. The summed E-state index contributed by atoms with van der Waals surface area (Å²) in [6, 6.07) is 14.1. The number of sulfonamides is 1. The Morgan fingerprint density at radius 1 is 1.17 bits per heavy atom. The molecule has 2 N–H and O–H groups in total. The van der Waals surface area contributed by atoms with Gasteiger partial charge in [0, 0.05) is 31.1 Å². The van der Waals surface area contributed by atoms with Crippen molar-refractivity contribution in [2.24, 2.45) is 0 Å². The van der Waals surface area contributed by atoms with Gasteiger partial charge in [-0.05, 0) is 42.7 Å². The van der Waals surface area contributed by atoms with E-state index in [1.807, 2.05) is 0 Å². The minimum absolute atomic E-state index is 0.0711. The minimum Gasteiger partial charge on any atom is -0.325 e. The van der Waals surface area contributed by atoms with Crippen molar-refractivity contribution >= 4 is 39.3 Å². The summed E-state index contributed by atoms with van der Waals surface area (Å²) < 4.78 is 41.7. The number of halogens is 1. The molecule has 2 amide bonds. The lowest BCUT2D eigenvalue weighted by atomic mass is 9.87. The second-order valence-electron chi connectivity index (χ2n) is 8.51. The molecule has 2 aromatic carbocycles. The molecule has 2 aromatic rings. The molecule has 0 unspecified atom stereocenters. The maximum atomic E-state index is 14.3. The molecule has 0 saturated carbocycles. The van der Waals surface area contributed by atoms with Crippen LogP contribution in [0.4, 0.5) is 10.1 Å². The van der Waals surface area contributed by atoms with Crippen molar-refractivity contribution < 1.29 is 22.4 Å². The first-order valence-electron chi connectivity index (χ1n) is 11.5. The van der Waals surface area contributed by atoms with E-state index in [9.17, 15) is 27.7 Å². The van der Waals surface area contributed by atoms with E-state index >= 15 is 0 Å². The van der Waals surface area contributed by atoms with Crippen molar-refractivity contribution in [3.63, 3.8) is 0 Å². The number of hydrogen-bond donors (Lipinski definition) is 2. The second kappa shape index (κ2) is 11.2. The van der Waals surface area contributed by atoms with Crippen LogP contribution in [0.15, 0.2) is 64.0 Å². The molecule has 0 spiro atoms. The van der Waals surface area contributed by atoms with Crippen LogP contribution in [0.1, 0.15) is 37.2 Å². The van der Waals surface area contributed by atoms with Crippen LogP contribution < -0.4 is 10.6 Å². The number of benzene rings is 2. The summed E-state index contributed by atoms with van der Waals surface area (Å²) in [5, 5.41) is 15.2. The maximum absolute atomic E-state index is 14.3. The van der Waals surface area contributed by atoms with Gasteiger partial charge in [0.25, 0.3) is 0 Å². The predicted molar refractivity (Wildman–Crippen MR) is 135 cm³/mol. The van der Waals surface area contributed by atoms with Gasteiger partial charge in [0.15, 0.2) is 0 Å². The van der Waals surface area contributed by atoms with Crippen LogP contribution in [0.5, 0.6) is 0 Å². The Morgan fingerprint density at radius 2 is 1.92 bits per heavy atom. The molecule has 1 atom stereocenters. The zero-order valence-electron chi connectivity index (χ0n) is 19.4. The van der Waals surface area contributed by atoms with Crippen molar-refractivity contribution in [3.8, 4) is 6.07 Å². The summed E-state index contributed by atoms with van der Waals surface area (Å²) in [6.07, 6.45) is 2.58. The van der Waals surface area contributed by atoms with Gasteiger partial charge in [-0.25, -0.2) is 12.8 Å². The lowest BCUT2D eigenvalue weighted by Crippen LogP contribution is -2.35. The number of allylic oxidation sites excluding steroid dienone is 1. The minimum atomic E-state index is -3.65. The van der Waals surface area contributed by atoms with Crippen LogP contribution >= 0.6 is 11.8 Å². The van der Waals surface area contributed by atoms with Crippen LogP contribution in [0, 0.1) is 17.1 Å².